The fourth-order valence-corrected chi connectivity index (χ4v) is 3.66. The molecule has 0 aromatic heterocycles. The molecule has 3 heterocycles. The van der Waals surface area contributed by atoms with Crippen LogP contribution in [0, 0.1) is 5.92 Å². The first kappa shape index (κ1) is 11.9. The fourth-order valence-electron chi connectivity index (χ4n) is 3.66. The SMILES string of the molecule is C1CCN(C[C@@H]2CCCN2C[C@@H]2CCOC2)C1. The van der Waals surface area contributed by atoms with Crippen LogP contribution in [0.5, 0.6) is 0 Å². The number of likely N-dealkylation sites (tertiary alicyclic amines) is 2. The summed E-state index contributed by atoms with van der Waals surface area (Å²) in [5, 5.41) is 0. The normalized spacial score (nSPS) is 36.0. The van der Waals surface area contributed by atoms with Crippen LogP contribution in [0.2, 0.25) is 0 Å². The van der Waals surface area contributed by atoms with Crippen molar-refractivity contribution in [2.24, 2.45) is 5.92 Å². The molecule has 0 bridgehead atoms. The Balaban J connectivity index is 1.48. The summed E-state index contributed by atoms with van der Waals surface area (Å²) in [6, 6.07) is 0.841. The van der Waals surface area contributed by atoms with Gasteiger partial charge in [0.1, 0.15) is 0 Å². The highest BCUT2D eigenvalue weighted by atomic mass is 16.5. The topological polar surface area (TPSA) is 15.7 Å². The molecule has 3 rings (SSSR count). The van der Waals surface area contributed by atoms with Gasteiger partial charge in [-0.1, -0.05) is 0 Å². The molecule has 17 heavy (non-hydrogen) atoms. The Kier molecular flexibility index (Phi) is 3.99. The predicted octanol–water partition coefficient (Wildman–Crippen LogP) is 1.58. The van der Waals surface area contributed by atoms with Crippen molar-refractivity contribution in [2.75, 3.05) is 45.9 Å². The lowest BCUT2D eigenvalue weighted by Crippen LogP contribution is -2.41. The zero-order chi connectivity index (χ0) is 11.5. The van der Waals surface area contributed by atoms with Crippen LogP contribution in [0.4, 0.5) is 0 Å². The predicted molar refractivity (Wildman–Crippen MR) is 69.2 cm³/mol. The molecular formula is C14H26N2O. The fraction of sp³-hybridized carbons (Fsp3) is 1.00. The van der Waals surface area contributed by atoms with Gasteiger partial charge in [-0.05, 0) is 57.7 Å². The van der Waals surface area contributed by atoms with Crippen LogP contribution in [0.3, 0.4) is 0 Å². The molecule has 3 fully saturated rings. The second-order valence-electron chi connectivity index (χ2n) is 6.03. The van der Waals surface area contributed by atoms with Crippen molar-refractivity contribution in [3.05, 3.63) is 0 Å². The van der Waals surface area contributed by atoms with Crippen LogP contribution in [0.15, 0.2) is 0 Å². The molecular weight excluding hydrogens is 212 g/mol. The van der Waals surface area contributed by atoms with Gasteiger partial charge in [0.2, 0.25) is 0 Å². The molecule has 0 N–H and O–H groups in total. The molecule has 3 saturated heterocycles. The van der Waals surface area contributed by atoms with E-state index in [9.17, 15) is 0 Å². The molecule has 0 amide bonds. The third-order valence-corrected chi connectivity index (χ3v) is 4.68. The standard InChI is InChI=1S/C14H26N2O/c1-2-7-15(6-1)11-14-4-3-8-16(14)10-13-5-9-17-12-13/h13-14H,1-12H2/t13-,14-/m0/s1. The van der Waals surface area contributed by atoms with Gasteiger partial charge >= 0.3 is 0 Å². The number of hydrogen-bond acceptors (Lipinski definition) is 3. The molecule has 0 aromatic rings. The van der Waals surface area contributed by atoms with Crippen molar-refractivity contribution in [3.63, 3.8) is 0 Å². The summed E-state index contributed by atoms with van der Waals surface area (Å²) >= 11 is 0. The highest BCUT2D eigenvalue weighted by Gasteiger charge is 2.29. The average Bonchev–Trinajstić information content (AvgIpc) is 3.04. The van der Waals surface area contributed by atoms with Gasteiger partial charge in [0.05, 0.1) is 6.61 Å². The Morgan fingerprint density at radius 2 is 1.82 bits per heavy atom. The molecule has 0 radical (unpaired) electrons. The van der Waals surface area contributed by atoms with Crippen molar-refractivity contribution >= 4 is 0 Å². The largest absolute Gasteiger partial charge is 0.381 e. The lowest BCUT2D eigenvalue weighted by molar-refractivity contribution is 0.147. The maximum atomic E-state index is 5.50. The second kappa shape index (κ2) is 5.68. The molecule has 3 heteroatoms. The monoisotopic (exact) mass is 238 g/mol. The zero-order valence-electron chi connectivity index (χ0n) is 10.9. The van der Waals surface area contributed by atoms with E-state index in [-0.39, 0.29) is 0 Å². The maximum Gasteiger partial charge on any atom is 0.0507 e. The van der Waals surface area contributed by atoms with E-state index in [1.165, 1.54) is 64.8 Å². The summed E-state index contributed by atoms with van der Waals surface area (Å²) in [6.07, 6.45) is 6.95. The van der Waals surface area contributed by atoms with E-state index in [4.69, 9.17) is 4.74 Å². The van der Waals surface area contributed by atoms with Crippen LogP contribution in [-0.2, 0) is 4.74 Å². The van der Waals surface area contributed by atoms with Crippen LogP contribution in [0.1, 0.15) is 32.1 Å². The van der Waals surface area contributed by atoms with E-state index in [0.717, 1.165) is 25.2 Å². The van der Waals surface area contributed by atoms with Crippen molar-refractivity contribution in [1.29, 1.82) is 0 Å². The Bertz CT molecular complexity index is 210. The molecule has 0 spiro atoms. The number of rotatable bonds is 4. The van der Waals surface area contributed by atoms with Gasteiger partial charge in [-0.15, -0.1) is 0 Å². The number of hydrogen-bond donors (Lipinski definition) is 0. The van der Waals surface area contributed by atoms with E-state index in [2.05, 4.69) is 9.80 Å². The summed E-state index contributed by atoms with van der Waals surface area (Å²) in [4.78, 5) is 5.42. The van der Waals surface area contributed by atoms with Crippen LogP contribution < -0.4 is 0 Å². The molecule has 3 aliphatic heterocycles. The molecule has 0 unspecified atom stereocenters. The zero-order valence-corrected chi connectivity index (χ0v) is 10.9. The Morgan fingerprint density at radius 1 is 0.941 bits per heavy atom. The molecule has 3 aliphatic rings. The van der Waals surface area contributed by atoms with E-state index >= 15 is 0 Å². The van der Waals surface area contributed by atoms with Gasteiger partial charge in [0, 0.05) is 25.7 Å². The van der Waals surface area contributed by atoms with E-state index in [1.54, 1.807) is 0 Å². The third kappa shape index (κ3) is 3.01. The Labute approximate surface area is 105 Å². The van der Waals surface area contributed by atoms with Crippen molar-refractivity contribution < 1.29 is 4.74 Å². The van der Waals surface area contributed by atoms with E-state index < -0.39 is 0 Å². The van der Waals surface area contributed by atoms with Gasteiger partial charge in [0.25, 0.3) is 0 Å². The highest BCUT2D eigenvalue weighted by Crippen LogP contribution is 2.23. The molecule has 3 nitrogen and oxygen atoms in total. The van der Waals surface area contributed by atoms with Gasteiger partial charge in [0.15, 0.2) is 0 Å². The summed E-state index contributed by atoms with van der Waals surface area (Å²) in [6.45, 7) is 8.64. The molecule has 0 aromatic carbocycles. The maximum absolute atomic E-state index is 5.50. The first-order valence-corrected chi connectivity index (χ1v) is 7.46. The highest BCUT2D eigenvalue weighted by molar-refractivity contribution is 4.85. The lowest BCUT2D eigenvalue weighted by Gasteiger charge is -2.30. The van der Waals surface area contributed by atoms with Gasteiger partial charge in [-0.25, -0.2) is 0 Å². The first-order valence-electron chi connectivity index (χ1n) is 7.46. The lowest BCUT2D eigenvalue weighted by atomic mass is 10.1. The van der Waals surface area contributed by atoms with Crippen molar-refractivity contribution in [3.8, 4) is 0 Å². The number of ether oxygens (including phenoxy) is 1. The summed E-state index contributed by atoms with van der Waals surface area (Å²) in [5.74, 6) is 0.814. The van der Waals surface area contributed by atoms with Gasteiger partial charge < -0.3 is 9.64 Å². The second-order valence-corrected chi connectivity index (χ2v) is 6.03. The Hall–Kier alpha value is -0.120. The van der Waals surface area contributed by atoms with E-state index in [1.807, 2.05) is 0 Å². The Morgan fingerprint density at radius 3 is 2.59 bits per heavy atom. The molecule has 0 aliphatic carbocycles. The third-order valence-electron chi connectivity index (χ3n) is 4.68. The molecule has 2 atom stereocenters. The van der Waals surface area contributed by atoms with Crippen LogP contribution in [-0.4, -0.2) is 61.8 Å². The van der Waals surface area contributed by atoms with Gasteiger partial charge in [-0.3, -0.25) is 4.90 Å². The molecule has 98 valence electrons. The van der Waals surface area contributed by atoms with Crippen LogP contribution in [0.25, 0.3) is 0 Å². The van der Waals surface area contributed by atoms with Crippen LogP contribution >= 0.6 is 0 Å². The minimum Gasteiger partial charge on any atom is -0.381 e. The minimum absolute atomic E-state index is 0.814. The first-order chi connectivity index (χ1) is 8.42. The number of nitrogens with zero attached hydrogens (tertiary/aromatic N) is 2. The van der Waals surface area contributed by atoms with Crippen molar-refractivity contribution in [1.82, 2.24) is 9.80 Å². The molecule has 0 saturated carbocycles. The van der Waals surface area contributed by atoms with Gasteiger partial charge in [-0.2, -0.15) is 0 Å². The van der Waals surface area contributed by atoms with Crippen molar-refractivity contribution in [2.45, 2.75) is 38.1 Å². The smallest absolute Gasteiger partial charge is 0.0507 e. The summed E-state index contributed by atoms with van der Waals surface area (Å²) in [5.41, 5.74) is 0. The summed E-state index contributed by atoms with van der Waals surface area (Å²) in [7, 11) is 0. The summed E-state index contributed by atoms with van der Waals surface area (Å²) < 4.78 is 5.50. The average molecular weight is 238 g/mol. The minimum atomic E-state index is 0.814. The van der Waals surface area contributed by atoms with E-state index in [0.29, 0.717) is 0 Å². The quantitative estimate of drug-likeness (QED) is 0.739.